The molecule has 0 saturated carbocycles. The standard InChI is InChI=1S/C17H14FNO2S/c18-17(22-13-9-5-2-6-10-13)16(20)15-14(11-21-19-15)12-7-3-1-4-8-12/h1-10,14,17H,11H2. The molecule has 0 amide bonds. The Hall–Kier alpha value is -2.14. The van der Waals surface area contributed by atoms with E-state index in [2.05, 4.69) is 5.16 Å². The Morgan fingerprint density at radius 3 is 2.45 bits per heavy atom. The second kappa shape index (κ2) is 6.75. The van der Waals surface area contributed by atoms with E-state index in [1.165, 1.54) is 0 Å². The minimum Gasteiger partial charge on any atom is -0.394 e. The summed E-state index contributed by atoms with van der Waals surface area (Å²) in [6, 6.07) is 18.4. The molecule has 0 N–H and O–H groups in total. The third-order valence-electron chi connectivity index (χ3n) is 3.38. The van der Waals surface area contributed by atoms with E-state index in [-0.39, 0.29) is 18.2 Å². The lowest BCUT2D eigenvalue weighted by molar-refractivity contribution is -0.114. The number of benzene rings is 2. The highest BCUT2D eigenvalue weighted by Gasteiger charge is 2.35. The fourth-order valence-electron chi connectivity index (χ4n) is 2.27. The van der Waals surface area contributed by atoms with Gasteiger partial charge in [-0.1, -0.05) is 65.4 Å². The van der Waals surface area contributed by atoms with Gasteiger partial charge >= 0.3 is 0 Å². The van der Waals surface area contributed by atoms with Gasteiger partial charge in [0.25, 0.3) is 0 Å². The number of hydrogen-bond donors (Lipinski definition) is 0. The van der Waals surface area contributed by atoms with E-state index in [1.807, 2.05) is 48.5 Å². The number of thioether (sulfide) groups is 1. The van der Waals surface area contributed by atoms with Gasteiger partial charge in [0.15, 0.2) is 0 Å². The number of rotatable bonds is 5. The SMILES string of the molecule is O=C(C1=NOCC1c1ccccc1)C(F)Sc1ccccc1. The van der Waals surface area contributed by atoms with Crippen LogP contribution in [0.15, 0.2) is 70.7 Å². The first kappa shape index (κ1) is 14.8. The van der Waals surface area contributed by atoms with Crippen LogP contribution < -0.4 is 0 Å². The maximum Gasteiger partial charge on any atom is 0.225 e. The maximum atomic E-state index is 14.3. The number of ketones is 1. The van der Waals surface area contributed by atoms with Crippen LogP contribution in [0.5, 0.6) is 0 Å². The lowest BCUT2D eigenvalue weighted by Gasteiger charge is -2.12. The number of carbonyl (C=O) groups is 1. The van der Waals surface area contributed by atoms with Gasteiger partial charge in [0.05, 0.1) is 5.92 Å². The smallest absolute Gasteiger partial charge is 0.225 e. The van der Waals surface area contributed by atoms with E-state index < -0.39 is 11.3 Å². The van der Waals surface area contributed by atoms with E-state index in [0.717, 1.165) is 17.3 Å². The molecule has 2 atom stereocenters. The van der Waals surface area contributed by atoms with Crippen LogP contribution in [0.25, 0.3) is 0 Å². The third-order valence-corrected chi connectivity index (χ3v) is 4.34. The summed E-state index contributed by atoms with van der Waals surface area (Å²) in [6.45, 7) is 0.272. The van der Waals surface area contributed by atoms with E-state index in [0.29, 0.717) is 4.90 Å². The molecule has 3 rings (SSSR count). The summed E-state index contributed by atoms with van der Waals surface area (Å²) in [6.07, 6.45) is 0. The highest BCUT2D eigenvalue weighted by Crippen LogP contribution is 2.29. The fourth-order valence-corrected chi connectivity index (χ4v) is 3.05. The molecule has 1 aliphatic heterocycles. The quantitative estimate of drug-likeness (QED) is 0.788. The average molecular weight is 315 g/mol. The van der Waals surface area contributed by atoms with Crippen LogP contribution in [0.1, 0.15) is 11.5 Å². The Balaban J connectivity index is 1.74. The molecule has 0 aromatic heterocycles. The van der Waals surface area contributed by atoms with Gasteiger partial charge < -0.3 is 4.84 Å². The van der Waals surface area contributed by atoms with Gasteiger partial charge in [-0.3, -0.25) is 4.79 Å². The molecule has 112 valence electrons. The number of oxime groups is 1. The van der Waals surface area contributed by atoms with E-state index in [4.69, 9.17) is 4.84 Å². The first-order chi connectivity index (χ1) is 10.8. The number of nitrogens with zero attached hydrogens (tertiary/aromatic N) is 1. The van der Waals surface area contributed by atoms with Crippen LogP contribution in [-0.2, 0) is 9.63 Å². The Labute approximate surface area is 132 Å². The largest absolute Gasteiger partial charge is 0.394 e. The lowest BCUT2D eigenvalue weighted by atomic mass is 9.93. The average Bonchev–Trinajstić information content (AvgIpc) is 3.05. The van der Waals surface area contributed by atoms with E-state index >= 15 is 0 Å². The fraction of sp³-hybridized carbons (Fsp3) is 0.176. The molecule has 1 heterocycles. The summed E-state index contributed by atoms with van der Waals surface area (Å²) < 4.78 is 14.3. The van der Waals surface area contributed by atoms with Crippen molar-refractivity contribution in [2.45, 2.75) is 16.3 Å². The van der Waals surface area contributed by atoms with Crippen LogP contribution >= 0.6 is 11.8 Å². The summed E-state index contributed by atoms with van der Waals surface area (Å²) in [5.41, 5.74) is -0.625. The van der Waals surface area contributed by atoms with Crippen LogP contribution in [0, 0.1) is 0 Å². The molecular formula is C17H14FNO2S. The van der Waals surface area contributed by atoms with Crippen molar-refractivity contribution < 1.29 is 14.0 Å². The Kier molecular flexibility index (Phi) is 4.53. The molecule has 2 aromatic rings. The van der Waals surface area contributed by atoms with Crippen LogP contribution in [0.2, 0.25) is 0 Å². The van der Waals surface area contributed by atoms with Crippen molar-refractivity contribution in [1.82, 2.24) is 0 Å². The summed E-state index contributed by atoms with van der Waals surface area (Å²) in [7, 11) is 0. The Morgan fingerprint density at radius 1 is 1.14 bits per heavy atom. The Bertz CT molecular complexity index is 676. The zero-order chi connectivity index (χ0) is 15.4. The number of hydrogen-bond acceptors (Lipinski definition) is 4. The monoisotopic (exact) mass is 315 g/mol. The number of halogens is 1. The van der Waals surface area contributed by atoms with Crippen LogP contribution in [0.3, 0.4) is 0 Å². The van der Waals surface area contributed by atoms with Gasteiger partial charge in [0.2, 0.25) is 11.3 Å². The van der Waals surface area contributed by atoms with Gasteiger partial charge in [0, 0.05) is 4.90 Å². The predicted molar refractivity (Wildman–Crippen MR) is 84.8 cm³/mol. The number of Topliss-reactive ketones (excluding diaryl/α,β-unsaturated/α-hetero) is 1. The van der Waals surface area contributed by atoms with Crippen molar-refractivity contribution in [3.63, 3.8) is 0 Å². The molecule has 5 heteroatoms. The van der Waals surface area contributed by atoms with Crippen molar-refractivity contribution >= 4 is 23.3 Å². The van der Waals surface area contributed by atoms with Crippen molar-refractivity contribution in [3.8, 4) is 0 Å². The molecule has 22 heavy (non-hydrogen) atoms. The number of carbonyl (C=O) groups excluding carboxylic acids is 1. The molecule has 3 nitrogen and oxygen atoms in total. The molecular weight excluding hydrogens is 301 g/mol. The van der Waals surface area contributed by atoms with E-state index in [9.17, 15) is 9.18 Å². The summed E-state index contributed by atoms with van der Waals surface area (Å²) >= 11 is 0.883. The summed E-state index contributed by atoms with van der Waals surface area (Å²) in [5, 5.41) is 3.77. The highest BCUT2D eigenvalue weighted by molar-refractivity contribution is 8.00. The minimum atomic E-state index is -1.69. The van der Waals surface area contributed by atoms with Crippen molar-refractivity contribution in [3.05, 3.63) is 66.2 Å². The number of alkyl halides is 1. The molecule has 2 aromatic carbocycles. The second-order valence-electron chi connectivity index (χ2n) is 4.85. The second-order valence-corrected chi connectivity index (χ2v) is 5.97. The Morgan fingerprint density at radius 2 is 1.77 bits per heavy atom. The molecule has 1 aliphatic rings. The predicted octanol–water partition coefficient (Wildman–Crippen LogP) is 3.81. The summed E-state index contributed by atoms with van der Waals surface area (Å²) in [5.74, 6) is -0.927. The van der Waals surface area contributed by atoms with Gasteiger partial charge in [-0.25, -0.2) is 4.39 Å². The van der Waals surface area contributed by atoms with Gasteiger partial charge in [0.1, 0.15) is 12.3 Å². The maximum absolute atomic E-state index is 14.3. The first-order valence-corrected chi connectivity index (χ1v) is 7.78. The molecule has 0 radical (unpaired) electrons. The van der Waals surface area contributed by atoms with Gasteiger partial charge in [-0.05, 0) is 17.7 Å². The molecule has 0 saturated heterocycles. The van der Waals surface area contributed by atoms with Crippen molar-refractivity contribution in [2.24, 2.45) is 5.16 Å². The normalized spacial score (nSPS) is 18.4. The zero-order valence-corrected chi connectivity index (χ0v) is 12.5. The molecule has 0 fully saturated rings. The summed E-state index contributed by atoms with van der Waals surface area (Å²) in [4.78, 5) is 18.1. The third kappa shape index (κ3) is 3.20. The highest BCUT2D eigenvalue weighted by atomic mass is 32.2. The molecule has 2 unspecified atom stereocenters. The van der Waals surface area contributed by atoms with Crippen LogP contribution in [-0.4, -0.2) is 23.6 Å². The zero-order valence-electron chi connectivity index (χ0n) is 11.7. The topological polar surface area (TPSA) is 38.7 Å². The molecule has 0 spiro atoms. The first-order valence-electron chi connectivity index (χ1n) is 6.90. The van der Waals surface area contributed by atoms with Gasteiger partial charge in [-0.15, -0.1) is 0 Å². The van der Waals surface area contributed by atoms with Crippen LogP contribution in [0.4, 0.5) is 4.39 Å². The van der Waals surface area contributed by atoms with Crippen molar-refractivity contribution in [1.29, 1.82) is 0 Å². The van der Waals surface area contributed by atoms with E-state index in [1.54, 1.807) is 12.1 Å². The molecule has 0 bridgehead atoms. The van der Waals surface area contributed by atoms with Gasteiger partial charge in [-0.2, -0.15) is 0 Å². The molecule has 0 aliphatic carbocycles. The minimum absolute atomic E-state index is 0.155. The lowest BCUT2D eigenvalue weighted by Crippen LogP contribution is -2.27. The van der Waals surface area contributed by atoms with Crippen molar-refractivity contribution in [2.75, 3.05) is 6.61 Å².